The second kappa shape index (κ2) is 6.53. The summed E-state index contributed by atoms with van der Waals surface area (Å²) in [5.41, 5.74) is 0.0862. The first-order valence-corrected chi connectivity index (χ1v) is 8.40. The van der Waals surface area contributed by atoms with Crippen molar-refractivity contribution >= 4 is 5.91 Å². The predicted molar refractivity (Wildman–Crippen MR) is 78.9 cm³/mol. The normalized spacial score (nSPS) is 19.4. The fourth-order valence-corrected chi connectivity index (χ4v) is 3.69. The van der Waals surface area contributed by atoms with Gasteiger partial charge in [-0.2, -0.15) is 18.3 Å². The summed E-state index contributed by atoms with van der Waals surface area (Å²) in [5, 5.41) is 6.67. The van der Waals surface area contributed by atoms with Crippen molar-refractivity contribution in [2.45, 2.75) is 76.6 Å². The first-order valence-electron chi connectivity index (χ1n) is 8.40. The molecule has 1 aromatic heterocycles. The number of nitrogens with zero attached hydrogens (tertiary/aromatic N) is 2. The highest BCUT2D eigenvalue weighted by Crippen LogP contribution is 2.35. The van der Waals surface area contributed by atoms with Gasteiger partial charge in [0.2, 0.25) is 5.91 Å². The number of alkyl halides is 3. The average Bonchev–Trinajstić information content (AvgIpc) is 3.01. The van der Waals surface area contributed by atoms with Crippen molar-refractivity contribution in [2.75, 3.05) is 0 Å². The minimum atomic E-state index is -4.46. The highest BCUT2D eigenvalue weighted by molar-refractivity contribution is 5.76. The molecular weight excluding hydrogens is 307 g/mol. The van der Waals surface area contributed by atoms with Crippen LogP contribution >= 0.6 is 0 Å². The molecule has 1 heterocycles. The number of hydrogen-bond donors (Lipinski definition) is 1. The molecule has 1 aromatic rings. The first kappa shape index (κ1) is 16.3. The quantitative estimate of drug-likeness (QED) is 0.866. The van der Waals surface area contributed by atoms with E-state index in [0.717, 1.165) is 44.9 Å². The maximum absolute atomic E-state index is 13.2. The number of aromatic nitrogens is 2. The SMILES string of the molecule is O=C(Cn1nc(C(F)(F)F)c2c1CCCCC2)NC1CCCC1. The first-order chi connectivity index (χ1) is 10.9. The minimum Gasteiger partial charge on any atom is -0.352 e. The molecule has 2 aliphatic rings. The molecule has 0 saturated heterocycles. The highest BCUT2D eigenvalue weighted by Gasteiger charge is 2.39. The number of hydrogen-bond acceptors (Lipinski definition) is 2. The van der Waals surface area contributed by atoms with Gasteiger partial charge in [0.25, 0.3) is 0 Å². The fraction of sp³-hybridized carbons (Fsp3) is 0.750. The summed E-state index contributed by atoms with van der Waals surface area (Å²) in [6, 6.07) is 0.166. The van der Waals surface area contributed by atoms with E-state index in [1.807, 2.05) is 0 Å². The molecule has 0 unspecified atom stereocenters. The van der Waals surface area contributed by atoms with Crippen LogP contribution in [0.5, 0.6) is 0 Å². The zero-order valence-electron chi connectivity index (χ0n) is 13.1. The van der Waals surface area contributed by atoms with E-state index in [2.05, 4.69) is 10.4 Å². The lowest BCUT2D eigenvalue weighted by atomic mass is 10.1. The van der Waals surface area contributed by atoms with Crippen molar-refractivity contribution < 1.29 is 18.0 Å². The molecule has 7 heteroatoms. The summed E-state index contributed by atoms with van der Waals surface area (Å²) >= 11 is 0. The number of halogens is 3. The Morgan fingerprint density at radius 3 is 2.52 bits per heavy atom. The van der Waals surface area contributed by atoms with E-state index in [0.29, 0.717) is 24.1 Å². The minimum absolute atomic E-state index is 0.116. The third-order valence-electron chi connectivity index (χ3n) is 4.79. The van der Waals surface area contributed by atoms with Crippen molar-refractivity contribution in [2.24, 2.45) is 0 Å². The van der Waals surface area contributed by atoms with Crippen LogP contribution < -0.4 is 5.32 Å². The molecule has 0 atom stereocenters. The summed E-state index contributed by atoms with van der Waals surface area (Å²) in [4.78, 5) is 12.1. The second-order valence-corrected chi connectivity index (χ2v) is 6.54. The van der Waals surface area contributed by atoms with Crippen molar-refractivity contribution in [1.82, 2.24) is 15.1 Å². The Balaban J connectivity index is 1.80. The van der Waals surface area contributed by atoms with E-state index >= 15 is 0 Å². The van der Waals surface area contributed by atoms with Gasteiger partial charge in [-0.1, -0.05) is 19.3 Å². The van der Waals surface area contributed by atoms with Crippen LogP contribution in [-0.4, -0.2) is 21.7 Å². The van der Waals surface area contributed by atoms with E-state index in [1.165, 1.54) is 4.68 Å². The standard InChI is InChI=1S/C16H22F3N3O/c17-16(18,19)15-12-8-2-1-3-9-13(12)22(21-15)10-14(23)20-11-6-4-5-7-11/h11H,1-10H2,(H,20,23). The molecule has 23 heavy (non-hydrogen) atoms. The molecular formula is C16H22F3N3O. The van der Waals surface area contributed by atoms with Crippen LogP contribution in [0.25, 0.3) is 0 Å². The number of carbonyl (C=O) groups excluding carboxylic acids is 1. The molecule has 1 N–H and O–H groups in total. The smallest absolute Gasteiger partial charge is 0.352 e. The molecule has 0 aromatic carbocycles. The summed E-state index contributed by atoms with van der Waals surface area (Å²) in [7, 11) is 0. The van der Waals surface area contributed by atoms with Gasteiger partial charge in [-0.3, -0.25) is 9.48 Å². The third kappa shape index (κ3) is 3.70. The van der Waals surface area contributed by atoms with Gasteiger partial charge in [-0.25, -0.2) is 0 Å². The van der Waals surface area contributed by atoms with Gasteiger partial charge in [-0.05, 0) is 38.5 Å². The molecule has 4 nitrogen and oxygen atoms in total. The molecule has 1 amide bonds. The van der Waals surface area contributed by atoms with Crippen molar-refractivity contribution in [1.29, 1.82) is 0 Å². The summed E-state index contributed by atoms with van der Waals surface area (Å²) < 4.78 is 40.9. The number of amides is 1. The average molecular weight is 329 g/mol. The van der Waals surface area contributed by atoms with E-state index in [-0.39, 0.29) is 18.5 Å². The van der Waals surface area contributed by atoms with Crippen molar-refractivity contribution in [3.8, 4) is 0 Å². The molecule has 1 fully saturated rings. The fourth-order valence-electron chi connectivity index (χ4n) is 3.69. The van der Waals surface area contributed by atoms with Gasteiger partial charge in [-0.15, -0.1) is 0 Å². The van der Waals surface area contributed by atoms with Gasteiger partial charge in [0.05, 0.1) is 0 Å². The number of rotatable bonds is 3. The molecule has 3 rings (SSSR count). The van der Waals surface area contributed by atoms with Crippen LogP contribution in [-0.2, 0) is 30.4 Å². The van der Waals surface area contributed by atoms with E-state index in [1.54, 1.807) is 0 Å². The van der Waals surface area contributed by atoms with E-state index in [4.69, 9.17) is 0 Å². The van der Waals surface area contributed by atoms with Crippen LogP contribution in [0.4, 0.5) is 13.2 Å². The van der Waals surface area contributed by atoms with Gasteiger partial charge in [0, 0.05) is 17.3 Å². The molecule has 1 saturated carbocycles. The molecule has 0 radical (unpaired) electrons. The van der Waals surface area contributed by atoms with Gasteiger partial charge in [0.15, 0.2) is 5.69 Å². The van der Waals surface area contributed by atoms with Gasteiger partial charge >= 0.3 is 6.18 Å². The van der Waals surface area contributed by atoms with Crippen LogP contribution in [0.2, 0.25) is 0 Å². The summed E-state index contributed by atoms with van der Waals surface area (Å²) in [6.07, 6.45) is 3.12. The van der Waals surface area contributed by atoms with Crippen LogP contribution in [0, 0.1) is 0 Å². The Morgan fingerprint density at radius 2 is 1.83 bits per heavy atom. The zero-order valence-corrected chi connectivity index (χ0v) is 13.1. The van der Waals surface area contributed by atoms with Crippen LogP contribution in [0.3, 0.4) is 0 Å². The molecule has 0 spiro atoms. The maximum atomic E-state index is 13.2. The number of carbonyl (C=O) groups is 1. The van der Waals surface area contributed by atoms with Gasteiger partial charge < -0.3 is 5.32 Å². The predicted octanol–water partition coefficient (Wildman–Crippen LogP) is 3.23. The van der Waals surface area contributed by atoms with Crippen LogP contribution in [0.15, 0.2) is 0 Å². The zero-order chi connectivity index (χ0) is 16.4. The summed E-state index contributed by atoms with van der Waals surface area (Å²) in [6.45, 7) is -0.116. The lowest BCUT2D eigenvalue weighted by Gasteiger charge is -2.13. The van der Waals surface area contributed by atoms with Gasteiger partial charge in [0.1, 0.15) is 6.54 Å². The molecule has 0 aliphatic heterocycles. The lowest BCUT2D eigenvalue weighted by molar-refractivity contribution is -0.142. The highest BCUT2D eigenvalue weighted by atomic mass is 19.4. The Bertz CT molecular complexity index is 574. The molecule has 0 bridgehead atoms. The Labute approximate surface area is 133 Å². The van der Waals surface area contributed by atoms with E-state index in [9.17, 15) is 18.0 Å². The summed E-state index contributed by atoms with van der Waals surface area (Å²) in [5.74, 6) is -0.236. The Kier molecular flexibility index (Phi) is 4.64. The van der Waals surface area contributed by atoms with Crippen molar-refractivity contribution in [3.63, 3.8) is 0 Å². The lowest BCUT2D eigenvalue weighted by Crippen LogP contribution is -2.35. The van der Waals surface area contributed by atoms with Crippen molar-refractivity contribution in [3.05, 3.63) is 17.0 Å². The van der Waals surface area contributed by atoms with Crippen LogP contribution in [0.1, 0.15) is 61.9 Å². The number of fused-ring (bicyclic) bond motifs is 1. The topological polar surface area (TPSA) is 46.9 Å². The number of nitrogens with one attached hydrogen (secondary N) is 1. The maximum Gasteiger partial charge on any atom is 0.435 e. The largest absolute Gasteiger partial charge is 0.435 e. The van der Waals surface area contributed by atoms with E-state index < -0.39 is 11.9 Å². The Morgan fingerprint density at radius 1 is 1.13 bits per heavy atom. The molecule has 128 valence electrons. The third-order valence-corrected chi connectivity index (χ3v) is 4.79. The molecule has 2 aliphatic carbocycles. The Hall–Kier alpha value is -1.53. The second-order valence-electron chi connectivity index (χ2n) is 6.54. The monoisotopic (exact) mass is 329 g/mol.